The number of hydrogen-bond donors (Lipinski definition) is 1. The van der Waals surface area contributed by atoms with E-state index in [2.05, 4.69) is 27.0 Å². The number of carbonyl (C=O) groups excluding carboxylic acids is 1. The van der Waals surface area contributed by atoms with Crippen LogP contribution >= 0.6 is 0 Å². The van der Waals surface area contributed by atoms with E-state index in [1.807, 2.05) is 0 Å². The van der Waals surface area contributed by atoms with Crippen LogP contribution < -0.4 is 5.73 Å². The molecule has 4 rings (SSSR count). The predicted octanol–water partition coefficient (Wildman–Crippen LogP) is 1.85. The fraction of sp³-hybridized carbons (Fsp3) is 0.238. The van der Waals surface area contributed by atoms with Crippen molar-refractivity contribution in [1.29, 1.82) is 0 Å². The third-order valence-electron chi connectivity index (χ3n) is 4.95. The first-order valence-electron chi connectivity index (χ1n) is 9.00. The largest absolute Gasteiger partial charge is 0.337 e. The Morgan fingerprint density at radius 2 is 2.07 bits per heavy atom. The Balaban J connectivity index is 1.82. The van der Waals surface area contributed by atoms with E-state index in [0.717, 1.165) is 0 Å². The van der Waals surface area contributed by atoms with Gasteiger partial charge in [-0.05, 0) is 18.2 Å². The molecule has 0 bridgehead atoms. The van der Waals surface area contributed by atoms with Gasteiger partial charge in [0.15, 0.2) is 0 Å². The van der Waals surface area contributed by atoms with Crippen LogP contribution in [0, 0.1) is 30.5 Å². The molecule has 0 saturated heterocycles. The van der Waals surface area contributed by atoms with Crippen molar-refractivity contribution in [2.24, 2.45) is 5.73 Å². The number of benzene rings is 1. The van der Waals surface area contributed by atoms with E-state index >= 15 is 0 Å². The summed E-state index contributed by atoms with van der Waals surface area (Å²) in [4.78, 5) is 23.0. The van der Waals surface area contributed by atoms with E-state index in [9.17, 15) is 9.18 Å². The molecular formula is C21H17FN6O2. The van der Waals surface area contributed by atoms with Crippen LogP contribution in [0.2, 0.25) is 0 Å². The standard InChI is InChI=1S/C21H17FN6O2/c1-4-8-21(23,9-5-2)20-25-18(26-30-20)17-16-11-27(3)19(29)14-10-13(22)6-7-15(14)28(16)12-24-17/h1-2,6-7,10,12H,8-9,11,23H2,3H3. The zero-order chi connectivity index (χ0) is 21.5. The fourth-order valence-electron chi connectivity index (χ4n) is 3.41. The Kier molecular flexibility index (Phi) is 4.61. The first-order chi connectivity index (χ1) is 14.4. The maximum atomic E-state index is 13.7. The van der Waals surface area contributed by atoms with Crippen LogP contribution in [0.5, 0.6) is 0 Å². The molecule has 1 aromatic carbocycles. The highest BCUT2D eigenvalue weighted by molar-refractivity contribution is 5.98. The Hall–Kier alpha value is -3.95. The highest BCUT2D eigenvalue weighted by Gasteiger charge is 2.34. The number of imidazole rings is 1. The third-order valence-corrected chi connectivity index (χ3v) is 4.95. The summed E-state index contributed by atoms with van der Waals surface area (Å²) in [5, 5.41) is 4.00. The fourth-order valence-corrected chi connectivity index (χ4v) is 3.41. The predicted molar refractivity (Wildman–Crippen MR) is 105 cm³/mol. The van der Waals surface area contributed by atoms with Crippen molar-refractivity contribution in [3.05, 3.63) is 47.5 Å². The van der Waals surface area contributed by atoms with Crippen LogP contribution in [0.3, 0.4) is 0 Å². The van der Waals surface area contributed by atoms with E-state index in [4.69, 9.17) is 23.1 Å². The number of carbonyl (C=O) groups is 1. The third kappa shape index (κ3) is 3.02. The van der Waals surface area contributed by atoms with Crippen molar-refractivity contribution in [2.45, 2.75) is 24.9 Å². The minimum Gasteiger partial charge on any atom is -0.337 e. The Bertz CT molecular complexity index is 1210. The number of fused-ring (bicyclic) bond motifs is 3. The van der Waals surface area contributed by atoms with Gasteiger partial charge in [-0.25, -0.2) is 9.37 Å². The SMILES string of the molecule is C#CCC(N)(CC#C)c1nc(-c2ncn3c2CN(C)C(=O)c2cc(F)ccc2-3)no1. The van der Waals surface area contributed by atoms with Gasteiger partial charge in [0.2, 0.25) is 11.7 Å². The number of terminal acetylenes is 2. The molecule has 0 unspecified atom stereocenters. The van der Waals surface area contributed by atoms with Gasteiger partial charge < -0.3 is 15.2 Å². The van der Waals surface area contributed by atoms with Crippen LogP contribution in [0.15, 0.2) is 29.0 Å². The summed E-state index contributed by atoms with van der Waals surface area (Å²) >= 11 is 0. The number of halogens is 1. The minimum absolute atomic E-state index is 0.107. The summed E-state index contributed by atoms with van der Waals surface area (Å²) in [6.45, 7) is 0.205. The van der Waals surface area contributed by atoms with Crippen LogP contribution in [-0.2, 0) is 12.1 Å². The second-order valence-corrected chi connectivity index (χ2v) is 7.07. The summed E-state index contributed by atoms with van der Waals surface area (Å²) < 4.78 is 20.8. The molecule has 3 aromatic rings. The summed E-state index contributed by atoms with van der Waals surface area (Å²) in [7, 11) is 1.62. The van der Waals surface area contributed by atoms with E-state index < -0.39 is 11.4 Å². The molecule has 9 heteroatoms. The summed E-state index contributed by atoms with van der Waals surface area (Å²) in [6.07, 6.45) is 12.6. The molecule has 3 heterocycles. The van der Waals surface area contributed by atoms with Gasteiger partial charge in [0.1, 0.15) is 23.4 Å². The smallest absolute Gasteiger partial charge is 0.256 e. The number of nitrogens with zero attached hydrogens (tertiary/aromatic N) is 5. The van der Waals surface area contributed by atoms with Crippen LogP contribution in [-0.4, -0.2) is 37.5 Å². The molecule has 2 aromatic heterocycles. The maximum Gasteiger partial charge on any atom is 0.256 e. The Labute approximate surface area is 171 Å². The van der Waals surface area contributed by atoms with Gasteiger partial charge in [0.05, 0.1) is 23.5 Å². The lowest BCUT2D eigenvalue weighted by Gasteiger charge is -2.19. The van der Waals surface area contributed by atoms with Gasteiger partial charge in [-0.1, -0.05) is 5.16 Å². The normalized spacial score (nSPS) is 13.2. The van der Waals surface area contributed by atoms with Crippen molar-refractivity contribution in [1.82, 2.24) is 24.6 Å². The quantitative estimate of drug-likeness (QED) is 0.666. The number of nitrogens with two attached hydrogens (primary N) is 1. The van der Waals surface area contributed by atoms with Gasteiger partial charge in [0, 0.05) is 19.9 Å². The second kappa shape index (κ2) is 7.14. The Morgan fingerprint density at radius 3 is 2.77 bits per heavy atom. The number of aromatic nitrogens is 4. The highest BCUT2D eigenvalue weighted by atomic mass is 19.1. The molecule has 0 atom stereocenters. The van der Waals surface area contributed by atoms with Crippen LogP contribution in [0.4, 0.5) is 4.39 Å². The van der Waals surface area contributed by atoms with Crippen molar-refractivity contribution in [3.8, 4) is 41.9 Å². The molecule has 0 radical (unpaired) electrons. The Morgan fingerprint density at radius 1 is 1.33 bits per heavy atom. The topological polar surface area (TPSA) is 103 Å². The van der Waals surface area contributed by atoms with Crippen molar-refractivity contribution >= 4 is 5.91 Å². The summed E-state index contributed by atoms with van der Waals surface area (Å²) in [5.74, 6) is 4.45. The second-order valence-electron chi connectivity index (χ2n) is 7.07. The number of rotatable bonds is 4. The molecule has 0 saturated carbocycles. The van der Waals surface area contributed by atoms with Gasteiger partial charge in [0.25, 0.3) is 5.91 Å². The average Bonchev–Trinajstić information content (AvgIpc) is 3.33. The molecule has 2 N–H and O–H groups in total. The molecule has 0 aliphatic carbocycles. The molecule has 150 valence electrons. The molecule has 30 heavy (non-hydrogen) atoms. The minimum atomic E-state index is -1.15. The van der Waals surface area contributed by atoms with Gasteiger partial charge in [-0.15, -0.1) is 24.7 Å². The van der Waals surface area contributed by atoms with Crippen molar-refractivity contribution in [3.63, 3.8) is 0 Å². The summed E-state index contributed by atoms with van der Waals surface area (Å²) in [6, 6.07) is 4.02. The number of amides is 1. The average molecular weight is 404 g/mol. The first kappa shape index (κ1) is 19.4. The molecule has 8 nitrogen and oxygen atoms in total. The lowest BCUT2D eigenvalue weighted by atomic mass is 9.93. The van der Waals surface area contributed by atoms with Crippen LogP contribution in [0.25, 0.3) is 17.2 Å². The molecule has 1 amide bonds. The van der Waals surface area contributed by atoms with Gasteiger partial charge >= 0.3 is 0 Å². The zero-order valence-electron chi connectivity index (χ0n) is 16.1. The van der Waals surface area contributed by atoms with E-state index in [1.165, 1.54) is 29.4 Å². The van der Waals surface area contributed by atoms with E-state index in [0.29, 0.717) is 17.1 Å². The summed E-state index contributed by atoms with van der Waals surface area (Å²) in [5.41, 5.74) is 6.93. The lowest BCUT2D eigenvalue weighted by molar-refractivity contribution is 0.0787. The molecule has 0 fully saturated rings. The van der Waals surface area contributed by atoms with E-state index in [-0.39, 0.29) is 42.6 Å². The van der Waals surface area contributed by atoms with Crippen LogP contribution in [0.1, 0.15) is 34.8 Å². The maximum absolute atomic E-state index is 13.7. The highest BCUT2D eigenvalue weighted by Crippen LogP contribution is 2.31. The lowest BCUT2D eigenvalue weighted by Crippen LogP contribution is -2.36. The first-order valence-corrected chi connectivity index (χ1v) is 9.00. The monoisotopic (exact) mass is 404 g/mol. The van der Waals surface area contributed by atoms with Gasteiger partial charge in [-0.2, -0.15) is 4.98 Å². The molecule has 1 aliphatic heterocycles. The molecule has 0 spiro atoms. The van der Waals surface area contributed by atoms with Gasteiger partial charge in [-0.3, -0.25) is 9.36 Å². The van der Waals surface area contributed by atoms with Crippen molar-refractivity contribution in [2.75, 3.05) is 7.05 Å². The molecular weight excluding hydrogens is 387 g/mol. The number of hydrogen-bond acceptors (Lipinski definition) is 6. The van der Waals surface area contributed by atoms with Crippen molar-refractivity contribution < 1.29 is 13.7 Å². The van der Waals surface area contributed by atoms with E-state index in [1.54, 1.807) is 11.6 Å². The zero-order valence-corrected chi connectivity index (χ0v) is 16.1. The molecule has 1 aliphatic rings.